The monoisotopic (exact) mass is 293 g/mol. The van der Waals surface area contributed by atoms with Gasteiger partial charge in [-0.1, -0.05) is 27.7 Å². The summed E-state index contributed by atoms with van der Waals surface area (Å²) in [5.41, 5.74) is 0. The number of oxazole rings is 1. The van der Waals surface area contributed by atoms with E-state index in [-0.39, 0.29) is 30.2 Å². The van der Waals surface area contributed by atoms with E-state index in [9.17, 15) is 9.59 Å². The molecule has 1 aliphatic heterocycles. The van der Waals surface area contributed by atoms with Gasteiger partial charge in [0, 0.05) is 0 Å². The molecule has 0 saturated carbocycles. The van der Waals surface area contributed by atoms with E-state index in [1.807, 2.05) is 27.7 Å². The second-order valence-electron chi connectivity index (χ2n) is 6.25. The molecule has 1 saturated heterocycles. The highest BCUT2D eigenvalue weighted by atomic mass is 16.4. The molecule has 2 atom stereocenters. The van der Waals surface area contributed by atoms with E-state index < -0.39 is 12.1 Å². The maximum absolute atomic E-state index is 12.7. The summed E-state index contributed by atoms with van der Waals surface area (Å²) < 4.78 is 5.46. The van der Waals surface area contributed by atoms with Crippen molar-refractivity contribution >= 4 is 11.8 Å². The van der Waals surface area contributed by atoms with Gasteiger partial charge in [-0.25, -0.2) is 4.98 Å². The second kappa shape index (κ2) is 5.87. The third-order valence-electron chi connectivity index (χ3n) is 3.72. The Kier molecular flexibility index (Phi) is 4.34. The van der Waals surface area contributed by atoms with Crippen molar-refractivity contribution in [2.45, 2.75) is 53.2 Å². The Bertz CT molecular complexity index is 536. The van der Waals surface area contributed by atoms with Crippen molar-refractivity contribution in [2.75, 3.05) is 0 Å². The van der Waals surface area contributed by atoms with Crippen LogP contribution >= 0.6 is 0 Å². The molecule has 2 amide bonds. The molecule has 2 unspecified atom stereocenters. The Morgan fingerprint density at radius 1 is 1.29 bits per heavy atom. The van der Waals surface area contributed by atoms with Gasteiger partial charge in [-0.05, 0) is 18.8 Å². The Balaban J connectivity index is 2.29. The number of carbonyl (C=O) groups excluding carboxylic acids is 2. The Morgan fingerprint density at radius 2 is 1.95 bits per heavy atom. The van der Waals surface area contributed by atoms with E-state index in [0.29, 0.717) is 11.7 Å². The van der Waals surface area contributed by atoms with Gasteiger partial charge >= 0.3 is 0 Å². The molecule has 1 aliphatic rings. The maximum atomic E-state index is 12.7. The number of piperazine rings is 1. The number of aromatic nitrogens is 1. The highest BCUT2D eigenvalue weighted by Gasteiger charge is 2.43. The normalized spacial score (nSPS) is 23.1. The lowest BCUT2D eigenvalue weighted by Crippen LogP contribution is -2.65. The van der Waals surface area contributed by atoms with E-state index in [1.165, 1.54) is 0 Å². The summed E-state index contributed by atoms with van der Waals surface area (Å²) in [6.07, 6.45) is 1.62. The summed E-state index contributed by atoms with van der Waals surface area (Å²) in [7, 11) is 0. The molecule has 2 rings (SSSR count). The number of carbonyl (C=O) groups is 2. The van der Waals surface area contributed by atoms with E-state index in [1.54, 1.807) is 18.0 Å². The summed E-state index contributed by atoms with van der Waals surface area (Å²) in [5, 5.41) is 2.84. The molecule has 0 radical (unpaired) electrons. The summed E-state index contributed by atoms with van der Waals surface area (Å²) in [4.78, 5) is 30.8. The summed E-state index contributed by atoms with van der Waals surface area (Å²) >= 11 is 0. The quantitative estimate of drug-likeness (QED) is 0.912. The maximum Gasteiger partial charge on any atom is 0.246 e. The van der Waals surface area contributed by atoms with Gasteiger partial charge in [0.15, 0.2) is 0 Å². The summed E-state index contributed by atoms with van der Waals surface area (Å²) in [5.74, 6) is 1.05. The number of hydrogen-bond acceptors (Lipinski definition) is 4. The predicted molar refractivity (Wildman–Crippen MR) is 77.2 cm³/mol. The molecule has 0 aromatic carbocycles. The number of aryl methyl sites for hydroxylation is 1. The average molecular weight is 293 g/mol. The zero-order valence-corrected chi connectivity index (χ0v) is 13.2. The summed E-state index contributed by atoms with van der Waals surface area (Å²) in [6, 6.07) is -0.969. The lowest BCUT2D eigenvalue weighted by atomic mass is 9.93. The number of nitrogens with zero attached hydrogens (tertiary/aromatic N) is 2. The molecule has 2 heterocycles. The summed E-state index contributed by atoms with van der Waals surface area (Å²) in [6.45, 7) is 9.74. The Hall–Kier alpha value is -1.85. The molecule has 1 aromatic rings. The van der Waals surface area contributed by atoms with Crippen molar-refractivity contribution in [3.8, 4) is 0 Å². The highest BCUT2D eigenvalue weighted by molar-refractivity contribution is 5.97. The van der Waals surface area contributed by atoms with Crippen molar-refractivity contribution in [1.29, 1.82) is 0 Å². The molecule has 0 aliphatic carbocycles. The number of hydrogen-bond donors (Lipinski definition) is 1. The lowest BCUT2D eigenvalue weighted by Gasteiger charge is -2.41. The third kappa shape index (κ3) is 3.09. The Morgan fingerprint density at radius 3 is 2.43 bits per heavy atom. The van der Waals surface area contributed by atoms with Gasteiger partial charge < -0.3 is 14.6 Å². The zero-order valence-electron chi connectivity index (χ0n) is 13.2. The average Bonchev–Trinajstić information content (AvgIpc) is 2.78. The van der Waals surface area contributed by atoms with Crippen LogP contribution in [0, 0.1) is 18.8 Å². The van der Waals surface area contributed by atoms with Gasteiger partial charge in [0.25, 0.3) is 0 Å². The first kappa shape index (κ1) is 15.5. The first-order valence-corrected chi connectivity index (χ1v) is 7.33. The third-order valence-corrected chi connectivity index (χ3v) is 3.72. The van der Waals surface area contributed by atoms with Gasteiger partial charge in [0.05, 0.1) is 12.7 Å². The highest BCUT2D eigenvalue weighted by Crippen LogP contribution is 2.22. The van der Waals surface area contributed by atoms with Crippen LogP contribution in [0.5, 0.6) is 0 Å². The van der Waals surface area contributed by atoms with Crippen LogP contribution in [0.25, 0.3) is 0 Å². The number of rotatable bonds is 4. The van der Waals surface area contributed by atoms with Gasteiger partial charge in [0.2, 0.25) is 17.7 Å². The SMILES string of the molecule is Cc1cnc(CN2C(=O)C(C(C)C)NC(=O)C2C(C)C)o1. The molecular weight excluding hydrogens is 270 g/mol. The van der Waals surface area contributed by atoms with Gasteiger partial charge in [-0.2, -0.15) is 0 Å². The van der Waals surface area contributed by atoms with Crippen LogP contribution in [-0.4, -0.2) is 33.8 Å². The molecule has 1 fully saturated rings. The van der Waals surface area contributed by atoms with Crippen LogP contribution in [-0.2, 0) is 16.1 Å². The first-order chi connectivity index (χ1) is 9.81. The minimum Gasteiger partial charge on any atom is -0.444 e. The second-order valence-corrected chi connectivity index (χ2v) is 6.25. The minimum atomic E-state index is -0.486. The molecule has 0 bridgehead atoms. The van der Waals surface area contributed by atoms with Gasteiger partial charge in [-0.15, -0.1) is 0 Å². The molecule has 6 nitrogen and oxygen atoms in total. The van der Waals surface area contributed by atoms with Crippen LogP contribution in [0.15, 0.2) is 10.6 Å². The molecule has 21 heavy (non-hydrogen) atoms. The van der Waals surface area contributed by atoms with Crippen molar-refractivity contribution in [2.24, 2.45) is 11.8 Å². The van der Waals surface area contributed by atoms with E-state index >= 15 is 0 Å². The van der Waals surface area contributed by atoms with Crippen LogP contribution < -0.4 is 5.32 Å². The van der Waals surface area contributed by atoms with Crippen LogP contribution in [0.4, 0.5) is 0 Å². The predicted octanol–water partition coefficient (Wildman–Crippen LogP) is 1.49. The smallest absolute Gasteiger partial charge is 0.246 e. The standard InChI is InChI=1S/C15H23N3O3/c1-8(2)12-15(20)18(7-11-16-6-10(5)21-11)13(9(3)4)14(19)17-12/h6,8-9,12-13H,7H2,1-5H3,(H,17,19). The van der Waals surface area contributed by atoms with Crippen molar-refractivity contribution < 1.29 is 14.0 Å². The van der Waals surface area contributed by atoms with Crippen molar-refractivity contribution in [1.82, 2.24) is 15.2 Å². The lowest BCUT2D eigenvalue weighted by molar-refractivity contribution is -0.153. The van der Waals surface area contributed by atoms with Gasteiger partial charge in [-0.3, -0.25) is 9.59 Å². The van der Waals surface area contributed by atoms with E-state index in [4.69, 9.17) is 4.42 Å². The molecule has 6 heteroatoms. The Labute approximate surface area is 124 Å². The number of nitrogens with one attached hydrogen (secondary N) is 1. The van der Waals surface area contributed by atoms with Crippen LogP contribution in [0.1, 0.15) is 39.3 Å². The van der Waals surface area contributed by atoms with Crippen LogP contribution in [0.2, 0.25) is 0 Å². The van der Waals surface area contributed by atoms with Gasteiger partial charge in [0.1, 0.15) is 17.8 Å². The van der Waals surface area contributed by atoms with Crippen LogP contribution in [0.3, 0.4) is 0 Å². The molecule has 1 N–H and O–H groups in total. The number of amides is 2. The van der Waals surface area contributed by atoms with Crippen molar-refractivity contribution in [3.05, 3.63) is 17.8 Å². The van der Waals surface area contributed by atoms with E-state index in [0.717, 1.165) is 0 Å². The minimum absolute atomic E-state index is 0.0260. The van der Waals surface area contributed by atoms with E-state index in [2.05, 4.69) is 10.3 Å². The fourth-order valence-electron chi connectivity index (χ4n) is 2.67. The largest absolute Gasteiger partial charge is 0.444 e. The topological polar surface area (TPSA) is 75.4 Å². The van der Waals surface area contributed by atoms with Crippen molar-refractivity contribution in [3.63, 3.8) is 0 Å². The molecular formula is C15H23N3O3. The fraction of sp³-hybridized carbons (Fsp3) is 0.667. The molecule has 0 spiro atoms. The molecule has 116 valence electrons. The molecule has 1 aromatic heterocycles. The zero-order chi connectivity index (χ0) is 15.7. The first-order valence-electron chi connectivity index (χ1n) is 7.33. The fourth-order valence-corrected chi connectivity index (χ4v) is 2.67.